The first kappa shape index (κ1) is 23.8. The number of hydrogen-bond acceptors (Lipinski definition) is 5. The van der Waals surface area contributed by atoms with Crippen LogP contribution in [0.3, 0.4) is 0 Å². The van der Waals surface area contributed by atoms with Gasteiger partial charge in [-0.1, -0.05) is 30.3 Å². The molecule has 4 aromatic rings. The predicted octanol–water partition coefficient (Wildman–Crippen LogP) is 6.10. The number of hydrogen-bond donors (Lipinski definition) is 0. The number of esters is 1. The molecule has 0 amide bonds. The molecular weight excluding hydrogens is 452 g/mol. The lowest BCUT2D eigenvalue weighted by Gasteiger charge is -2.23. The number of fused-ring (bicyclic) bond motifs is 4. The van der Waals surface area contributed by atoms with Crippen molar-refractivity contribution in [1.82, 2.24) is 4.57 Å². The molecule has 0 atom stereocenters. The van der Waals surface area contributed by atoms with Crippen LogP contribution in [0.4, 0.5) is 5.69 Å². The lowest BCUT2D eigenvalue weighted by molar-refractivity contribution is 0.0528. The molecule has 0 radical (unpaired) electrons. The maximum atomic E-state index is 13.6. The van der Waals surface area contributed by atoms with E-state index < -0.39 is 0 Å². The van der Waals surface area contributed by atoms with Gasteiger partial charge in [0.2, 0.25) is 0 Å². The van der Waals surface area contributed by atoms with Gasteiger partial charge in [-0.05, 0) is 55.0 Å². The van der Waals surface area contributed by atoms with E-state index >= 15 is 0 Å². The van der Waals surface area contributed by atoms with Gasteiger partial charge < -0.3 is 23.7 Å². The number of benzene rings is 3. The molecule has 36 heavy (non-hydrogen) atoms. The maximum Gasteiger partial charge on any atom is 0.340 e. The van der Waals surface area contributed by atoms with Crippen LogP contribution in [-0.4, -0.2) is 45.5 Å². The molecule has 1 aromatic heterocycles. The van der Waals surface area contributed by atoms with Crippen LogP contribution >= 0.6 is 0 Å². The number of methoxy groups -OCH3 is 2. The second-order valence-electron chi connectivity index (χ2n) is 9.24. The Bertz CT molecular complexity index is 1480. The fourth-order valence-electron chi connectivity index (χ4n) is 5.50. The highest BCUT2D eigenvalue weighted by Crippen LogP contribution is 2.47. The Balaban J connectivity index is 1.86. The van der Waals surface area contributed by atoms with Gasteiger partial charge in [-0.15, -0.1) is 0 Å². The summed E-state index contributed by atoms with van der Waals surface area (Å²) in [5, 5.41) is 2.25. The molecule has 186 valence electrons. The zero-order valence-corrected chi connectivity index (χ0v) is 21.8. The summed E-state index contributed by atoms with van der Waals surface area (Å²) in [6.45, 7) is 5.02. The predicted molar refractivity (Wildman–Crippen MR) is 145 cm³/mol. The van der Waals surface area contributed by atoms with Crippen LogP contribution < -0.4 is 14.4 Å². The fraction of sp³-hybridized carbons (Fsp3) is 0.300. The molecule has 5 rings (SSSR count). The van der Waals surface area contributed by atoms with Gasteiger partial charge in [0, 0.05) is 48.5 Å². The Hall–Kier alpha value is -3.93. The number of carbonyl (C=O) groups excluding carboxylic acids is 1. The molecule has 3 aromatic carbocycles. The highest BCUT2D eigenvalue weighted by Gasteiger charge is 2.33. The Morgan fingerprint density at radius 3 is 2.33 bits per heavy atom. The monoisotopic (exact) mass is 484 g/mol. The van der Waals surface area contributed by atoms with Gasteiger partial charge >= 0.3 is 5.97 Å². The van der Waals surface area contributed by atoms with Gasteiger partial charge in [-0.3, -0.25) is 0 Å². The molecule has 0 fully saturated rings. The van der Waals surface area contributed by atoms with Gasteiger partial charge in [0.1, 0.15) is 0 Å². The van der Waals surface area contributed by atoms with Gasteiger partial charge in [0.25, 0.3) is 0 Å². The molecule has 2 heterocycles. The first-order valence-corrected chi connectivity index (χ1v) is 12.3. The third kappa shape index (κ3) is 3.60. The molecule has 0 saturated carbocycles. The normalized spacial score (nSPS) is 12.2. The second kappa shape index (κ2) is 9.26. The van der Waals surface area contributed by atoms with E-state index in [9.17, 15) is 4.79 Å². The van der Waals surface area contributed by atoms with Crippen molar-refractivity contribution in [3.63, 3.8) is 0 Å². The maximum absolute atomic E-state index is 13.6. The third-order valence-corrected chi connectivity index (χ3v) is 7.12. The molecule has 0 bridgehead atoms. The number of rotatable bonds is 6. The van der Waals surface area contributed by atoms with Crippen LogP contribution in [0, 0.1) is 6.92 Å². The Morgan fingerprint density at radius 1 is 0.972 bits per heavy atom. The van der Waals surface area contributed by atoms with Crippen molar-refractivity contribution in [3.8, 4) is 33.9 Å². The van der Waals surface area contributed by atoms with Crippen molar-refractivity contribution in [2.24, 2.45) is 0 Å². The summed E-state index contributed by atoms with van der Waals surface area (Å²) in [6.07, 6.45) is 0.834. The number of nitrogens with zero attached hydrogens (tertiary/aromatic N) is 2. The molecule has 0 saturated heterocycles. The molecule has 6 nitrogen and oxygen atoms in total. The summed E-state index contributed by atoms with van der Waals surface area (Å²) in [7, 11) is 7.37. The molecule has 6 heteroatoms. The number of aryl methyl sites for hydroxylation is 1. The molecule has 1 aliphatic heterocycles. The Morgan fingerprint density at radius 2 is 1.67 bits per heavy atom. The van der Waals surface area contributed by atoms with E-state index in [4.69, 9.17) is 14.2 Å². The number of anilines is 1. The minimum atomic E-state index is -0.312. The SMILES string of the molecule is CCOC(=O)c1c(-c2ccc(N(C)C)c3ccccc23)c(C)n2c1-c1cc(OC)c(OC)cc1CC2. The average Bonchev–Trinajstić information content (AvgIpc) is 3.19. The van der Waals surface area contributed by atoms with Gasteiger partial charge in [-0.2, -0.15) is 0 Å². The van der Waals surface area contributed by atoms with Crippen LogP contribution in [-0.2, 0) is 17.7 Å². The van der Waals surface area contributed by atoms with Crippen molar-refractivity contribution in [2.45, 2.75) is 26.8 Å². The Kier molecular flexibility index (Phi) is 6.12. The summed E-state index contributed by atoms with van der Waals surface area (Å²) in [5.41, 5.74) is 7.72. The molecular formula is C30H32N2O4. The van der Waals surface area contributed by atoms with Crippen molar-refractivity contribution in [2.75, 3.05) is 39.8 Å². The quantitative estimate of drug-likeness (QED) is 0.310. The van der Waals surface area contributed by atoms with Crippen LogP contribution in [0.2, 0.25) is 0 Å². The summed E-state index contributed by atoms with van der Waals surface area (Å²) < 4.78 is 19.1. The summed E-state index contributed by atoms with van der Waals surface area (Å²) in [6, 6.07) is 16.6. The summed E-state index contributed by atoms with van der Waals surface area (Å²) in [5.74, 6) is 1.02. The van der Waals surface area contributed by atoms with Crippen LogP contribution in [0.25, 0.3) is 33.2 Å². The van der Waals surface area contributed by atoms with Crippen LogP contribution in [0.15, 0.2) is 48.5 Å². The second-order valence-corrected chi connectivity index (χ2v) is 9.24. The molecule has 0 N–H and O–H groups in total. The van der Waals surface area contributed by atoms with E-state index in [-0.39, 0.29) is 5.97 Å². The topological polar surface area (TPSA) is 52.9 Å². The van der Waals surface area contributed by atoms with Crippen molar-refractivity contribution < 1.29 is 19.0 Å². The third-order valence-electron chi connectivity index (χ3n) is 7.12. The lowest BCUT2D eigenvalue weighted by atomic mass is 9.91. The summed E-state index contributed by atoms with van der Waals surface area (Å²) >= 11 is 0. The Labute approximate surface area is 212 Å². The lowest BCUT2D eigenvalue weighted by Crippen LogP contribution is -2.15. The smallest absolute Gasteiger partial charge is 0.340 e. The van der Waals surface area contributed by atoms with Crippen molar-refractivity contribution in [3.05, 3.63) is 65.4 Å². The number of aromatic nitrogens is 1. The van der Waals surface area contributed by atoms with E-state index in [1.54, 1.807) is 14.2 Å². The highest BCUT2D eigenvalue weighted by atomic mass is 16.5. The zero-order valence-electron chi connectivity index (χ0n) is 21.8. The van der Waals surface area contributed by atoms with Crippen molar-refractivity contribution >= 4 is 22.4 Å². The first-order valence-electron chi connectivity index (χ1n) is 12.3. The average molecular weight is 485 g/mol. The fourth-order valence-corrected chi connectivity index (χ4v) is 5.50. The minimum absolute atomic E-state index is 0.307. The van der Waals surface area contributed by atoms with Crippen LogP contribution in [0.1, 0.15) is 28.5 Å². The summed E-state index contributed by atoms with van der Waals surface area (Å²) in [4.78, 5) is 15.7. The standard InChI is InChI=1S/C30H32N2O4/c1-7-36-30(33)28-27(22-12-13-24(31(3)4)21-11-9-8-10-20(21)22)18(2)32-15-14-19-16-25(34-5)26(35-6)17-23(19)29(28)32/h8-13,16-17H,7,14-15H2,1-6H3. The van der Waals surface area contributed by atoms with Gasteiger partial charge in [0.15, 0.2) is 11.5 Å². The number of carbonyl (C=O) groups is 1. The van der Waals surface area contributed by atoms with E-state index in [2.05, 4.69) is 46.7 Å². The first-order chi connectivity index (χ1) is 17.4. The van der Waals surface area contributed by atoms with Gasteiger partial charge in [0.05, 0.1) is 32.1 Å². The van der Waals surface area contributed by atoms with E-state index in [0.717, 1.165) is 63.1 Å². The molecule has 0 aliphatic carbocycles. The van der Waals surface area contributed by atoms with Crippen LogP contribution in [0.5, 0.6) is 11.5 Å². The largest absolute Gasteiger partial charge is 0.493 e. The van der Waals surface area contributed by atoms with E-state index in [1.807, 2.05) is 39.2 Å². The highest BCUT2D eigenvalue weighted by molar-refractivity contribution is 6.11. The van der Waals surface area contributed by atoms with E-state index in [0.29, 0.717) is 23.7 Å². The molecule has 1 aliphatic rings. The van der Waals surface area contributed by atoms with Crippen molar-refractivity contribution in [1.29, 1.82) is 0 Å². The molecule has 0 unspecified atom stereocenters. The van der Waals surface area contributed by atoms with Gasteiger partial charge in [-0.25, -0.2) is 4.79 Å². The van der Waals surface area contributed by atoms with E-state index in [1.165, 1.54) is 0 Å². The zero-order chi connectivity index (χ0) is 25.6. The molecule has 0 spiro atoms. The minimum Gasteiger partial charge on any atom is -0.493 e. The number of ether oxygens (including phenoxy) is 3.